The number of carbonyl (C=O) groups is 1. The molecule has 17 nitrogen and oxygen atoms in total. The summed E-state index contributed by atoms with van der Waals surface area (Å²) in [6, 6.07) is 118. The van der Waals surface area contributed by atoms with E-state index in [-0.39, 0.29) is 26.3 Å². The van der Waals surface area contributed by atoms with Crippen LogP contribution in [0.15, 0.2) is 458 Å². The quantitative estimate of drug-likeness (QED) is 0.0353. The van der Waals surface area contributed by atoms with Gasteiger partial charge in [0, 0.05) is 108 Å². The molecule has 0 fully saturated rings. The van der Waals surface area contributed by atoms with Crippen LogP contribution in [0.25, 0.3) is 71.5 Å². The molecule has 1 aliphatic carbocycles. The number of carbonyl (C=O) groups excluding carboxylic acids is 1. The van der Waals surface area contributed by atoms with Gasteiger partial charge in [0.05, 0.1) is 34.1 Å². The summed E-state index contributed by atoms with van der Waals surface area (Å²) in [6.45, 7) is 0. The standard InChI is InChI=1S/C23H18N2O.C22H19N3O.C22H18N2O2.C22H18N2OS.C22H18N2OSe/c26-23(25-20-11-5-2-6-12-20)22-15-19(18-10-7-13-24-16-18)14-21(22)17-8-3-1-4-9-17;26-19(14-16-8-3-1-4-9-16)21-20(17-10-5-2-6-11-17)24-22(25-21)18-12-7-13-23-15-18;3*25-19(14-16-8-3-1-4-9-16)21-20(17-10-5-2-6-11-17)24-22(26-21)18-12-7-13-23-15-18/h1-16,19H,(H,25,26);1-13,15,19,21,26H,14H2;3*1-13,15,19,25H,14H2. The number of nitrogens with one attached hydrogen (secondary N) is 1. The van der Waals surface area contributed by atoms with Gasteiger partial charge >= 0.3 is 159 Å². The Bertz CT molecular complexity index is 6300. The zero-order chi connectivity index (χ0) is 88.8. The Morgan fingerprint density at radius 1 is 0.377 bits per heavy atom. The van der Waals surface area contributed by atoms with Crippen molar-refractivity contribution in [2.75, 3.05) is 5.32 Å². The van der Waals surface area contributed by atoms with Crippen LogP contribution in [0.3, 0.4) is 0 Å². The molecule has 0 radical (unpaired) electrons. The molecule has 10 aromatic carbocycles. The van der Waals surface area contributed by atoms with E-state index in [0.29, 0.717) is 54.4 Å². The first kappa shape index (κ1) is 88.3. The van der Waals surface area contributed by atoms with Crippen molar-refractivity contribution in [3.05, 3.63) is 503 Å². The number of hydrogen-bond donors (Lipinski definition) is 5. The molecular weight excluding hydrogens is 1690 g/mol. The fourth-order valence-corrected chi connectivity index (χ4v) is 18.3. The summed E-state index contributed by atoms with van der Waals surface area (Å²) >= 11 is 1.51. The van der Waals surface area contributed by atoms with Crippen molar-refractivity contribution in [1.29, 1.82) is 0 Å². The molecule has 0 spiro atoms. The summed E-state index contributed by atoms with van der Waals surface area (Å²) < 4.78 is 8.04. The Morgan fingerprint density at radius 3 is 1.29 bits per heavy atom. The van der Waals surface area contributed by atoms with Gasteiger partial charge in [-0.05, 0) is 93.6 Å². The van der Waals surface area contributed by atoms with Gasteiger partial charge in [-0.3, -0.25) is 29.7 Å². The zero-order valence-corrected chi connectivity index (χ0v) is 73.3. The second-order valence-electron chi connectivity index (χ2n) is 30.6. The predicted octanol–water partition coefficient (Wildman–Crippen LogP) is 22.1. The molecule has 18 aromatic rings. The first-order chi connectivity index (χ1) is 64.0. The number of thiazole rings is 1. The molecule has 8 aromatic heterocycles. The molecule has 0 bridgehead atoms. The van der Waals surface area contributed by atoms with E-state index >= 15 is 0 Å². The largest absolute Gasteiger partial charge is 0.438 e. The third kappa shape index (κ3) is 23.5. The second kappa shape index (κ2) is 44.8. The molecule has 9 heterocycles. The van der Waals surface area contributed by atoms with E-state index in [2.05, 4.69) is 65.6 Å². The van der Waals surface area contributed by atoms with Crippen LogP contribution in [0, 0.1) is 0 Å². The number of oxazole rings is 1. The van der Waals surface area contributed by atoms with Crippen LogP contribution < -0.4 is 5.32 Å². The molecule has 2 aliphatic rings. The Morgan fingerprint density at radius 2 is 0.792 bits per heavy atom. The fraction of sp³-hybridized carbons (Fsp3) is 0.0901. The van der Waals surface area contributed by atoms with Crippen LogP contribution in [0.1, 0.15) is 83.8 Å². The number of allylic oxidation sites excluding steroid dienone is 2. The van der Waals surface area contributed by atoms with Crippen LogP contribution in [-0.4, -0.2) is 104 Å². The molecule has 638 valence electrons. The molecule has 0 saturated carbocycles. The van der Waals surface area contributed by atoms with E-state index in [1.807, 2.05) is 358 Å². The topological polar surface area (TPSA) is 251 Å². The number of amidine groups is 1. The summed E-state index contributed by atoms with van der Waals surface area (Å²) in [4.78, 5) is 58.6. The Labute approximate surface area is 765 Å². The van der Waals surface area contributed by atoms with Crippen molar-refractivity contribution in [3.8, 4) is 65.9 Å². The van der Waals surface area contributed by atoms with Crippen LogP contribution in [0.5, 0.6) is 0 Å². The van der Waals surface area contributed by atoms with Crippen LogP contribution >= 0.6 is 11.3 Å². The number of anilines is 1. The molecular formula is C111H91N11O6SSe. The number of para-hydroxylation sites is 1. The molecule has 0 saturated heterocycles. The number of benzene rings is 10. The summed E-state index contributed by atoms with van der Waals surface area (Å²) in [6.07, 6.45) is 21.4. The maximum absolute atomic E-state index is 12.9. The van der Waals surface area contributed by atoms with Crippen molar-refractivity contribution in [2.45, 2.75) is 62.1 Å². The minimum Gasteiger partial charge on any atom is -0.438 e. The number of aliphatic hydroxyl groups excluding tert-OH is 4. The van der Waals surface area contributed by atoms with Gasteiger partial charge in [0.1, 0.15) is 22.8 Å². The van der Waals surface area contributed by atoms with Gasteiger partial charge in [-0.1, -0.05) is 249 Å². The Balaban J connectivity index is 0.000000119. The van der Waals surface area contributed by atoms with E-state index < -0.39 is 30.5 Å². The molecule has 1 aliphatic heterocycles. The minimum atomic E-state index is -0.787. The van der Waals surface area contributed by atoms with Gasteiger partial charge in [-0.25, -0.2) is 15.0 Å². The van der Waals surface area contributed by atoms with Crippen molar-refractivity contribution in [3.63, 3.8) is 0 Å². The van der Waals surface area contributed by atoms with Gasteiger partial charge in [0.15, 0.2) is 11.6 Å². The summed E-state index contributed by atoms with van der Waals surface area (Å²) in [5, 5.41) is 47.5. The number of aromatic nitrogens is 8. The van der Waals surface area contributed by atoms with Crippen molar-refractivity contribution >= 4 is 54.6 Å². The van der Waals surface area contributed by atoms with Gasteiger partial charge in [-0.2, -0.15) is 0 Å². The van der Waals surface area contributed by atoms with Gasteiger partial charge in [-0.15, -0.1) is 11.3 Å². The number of pyridine rings is 5. The Hall–Kier alpha value is -15.2. The van der Waals surface area contributed by atoms with E-state index in [0.717, 1.165) is 125 Å². The van der Waals surface area contributed by atoms with E-state index in [9.17, 15) is 25.2 Å². The average molecular weight is 1790 g/mol. The number of aliphatic imine (C=N–C) groups is 2. The summed E-state index contributed by atoms with van der Waals surface area (Å²) in [5.74, 6) is 1.49. The zero-order valence-electron chi connectivity index (χ0n) is 70.8. The normalized spacial score (nSPS) is 13.9. The summed E-state index contributed by atoms with van der Waals surface area (Å²) in [7, 11) is 0. The maximum Gasteiger partial charge on any atom is 0.228 e. The van der Waals surface area contributed by atoms with Gasteiger partial charge in [0.25, 0.3) is 5.91 Å². The molecule has 19 heteroatoms. The minimum absolute atomic E-state index is 0.0254. The van der Waals surface area contributed by atoms with Crippen molar-refractivity contribution in [1.82, 2.24) is 39.9 Å². The third-order valence-corrected chi connectivity index (χ3v) is 25.1. The Kier molecular flexibility index (Phi) is 30.4. The van der Waals surface area contributed by atoms with Crippen LogP contribution in [0.4, 0.5) is 5.69 Å². The summed E-state index contributed by atoms with van der Waals surface area (Å²) in [5.41, 5.74) is 19.7. The number of aliphatic hydroxyl groups is 4. The van der Waals surface area contributed by atoms with Crippen molar-refractivity contribution in [2.24, 2.45) is 9.98 Å². The van der Waals surface area contributed by atoms with E-state index in [1.165, 1.54) is 11.3 Å². The predicted molar refractivity (Wildman–Crippen MR) is 519 cm³/mol. The molecule has 20 rings (SSSR count). The number of amides is 1. The molecule has 6 atom stereocenters. The maximum atomic E-state index is 12.9. The average Bonchev–Trinajstić information content (AvgIpc) is 0.890. The van der Waals surface area contributed by atoms with Crippen LogP contribution in [-0.2, 0) is 30.5 Å². The first-order valence-electron chi connectivity index (χ1n) is 42.7. The molecule has 130 heavy (non-hydrogen) atoms. The number of rotatable bonds is 24. The second-order valence-corrected chi connectivity index (χ2v) is 33.7. The van der Waals surface area contributed by atoms with Gasteiger partial charge in [0.2, 0.25) is 5.89 Å². The van der Waals surface area contributed by atoms with E-state index in [4.69, 9.17) is 24.4 Å². The first-order valence-corrected chi connectivity index (χ1v) is 45.2. The van der Waals surface area contributed by atoms with E-state index in [1.54, 1.807) is 49.6 Å². The smallest absolute Gasteiger partial charge is 0.228 e. The molecule has 6 unspecified atom stereocenters. The SMILES string of the molecule is O=C(Nc1ccccc1)C1=CC(c2cccnc2)C=C1c1ccccc1.OC(Cc1ccccc1)C1N=C(c2cccnc2)N=C1c1ccccc1.OC(Cc1ccccc1)c1[se]c(-c2cccnc2)nc1-c1ccccc1.OC(Cc1ccccc1)c1oc(-c2cccnc2)nc1-c1ccccc1.OC(Cc1ccccc1)c1sc(-c2cccnc2)nc1-c1ccccc1. The molecule has 1 amide bonds. The number of nitrogens with zero attached hydrogens (tertiary/aromatic N) is 10. The number of hydrogen-bond acceptors (Lipinski definition) is 17. The monoisotopic (exact) mass is 1790 g/mol. The third-order valence-electron chi connectivity index (χ3n) is 21.4. The van der Waals surface area contributed by atoms with Crippen molar-refractivity contribution < 1.29 is 29.6 Å². The van der Waals surface area contributed by atoms with Gasteiger partial charge < -0.3 is 25.1 Å². The fourth-order valence-electron chi connectivity index (χ4n) is 15.0. The molecule has 5 N–H and O–H groups in total. The van der Waals surface area contributed by atoms with Crippen LogP contribution in [0.2, 0.25) is 0 Å².